The third kappa shape index (κ3) is 3.11. The van der Waals surface area contributed by atoms with Crippen LogP contribution in [0.1, 0.15) is 31.8 Å². The summed E-state index contributed by atoms with van der Waals surface area (Å²) >= 11 is 0. The maximum Gasteiger partial charge on any atom is 0.339 e. The zero-order chi connectivity index (χ0) is 15.6. The van der Waals surface area contributed by atoms with Crippen molar-refractivity contribution in [2.24, 2.45) is 0 Å². The van der Waals surface area contributed by atoms with Crippen molar-refractivity contribution in [3.8, 4) is 11.5 Å². The SMILES string of the molecule is O=C(O)c1ccc(Cc2ccc(C(=O)O)c(O)c2)cc1O. The minimum absolute atomic E-state index is 0.192. The lowest BCUT2D eigenvalue weighted by Crippen LogP contribution is -1.99. The van der Waals surface area contributed by atoms with E-state index < -0.39 is 11.9 Å². The van der Waals surface area contributed by atoms with Crippen LogP contribution in [0.5, 0.6) is 11.5 Å². The minimum atomic E-state index is -1.22. The molecule has 0 radical (unpaired) electrons. The van der Waals surface area contributed by atoms with Gasteiger partial charge in [0.15, 0.2) is 0 Å². The number of hydrogen-bond donors (Lipinski definition) is 4. The third-order valence-electron chi connectivity index (χ3n) is 2.99. The Kier molecular flexibility index (Phi) is 3.80. The molecule has 0 aliphatic heterocycles. The van der Waals surface area contributed by atoms with Gasteiger partial charge >= 0.3 is 11.9 Å². The number of aromatic hydroxyl groups is 2. The lowest BCUT2D eigenvalue weighted by atomic mass is 10.0. The van der Waals surface area contributed by atoms with Gasteiger partial charge in [-0.25, -0.2) is 9.59 Å². The van der Waals surface area contributed by atoms with Crippen LogP contribution < -0.4 is 0 Å². The summed E-state index contributed by atoms with van der Waals surface area (Å²) in [7, 11) is 0. The molecular weight excluding hydrogens is 276 g/mol. The number of rotatable bonds is 4. The molecule has 0 fully saturated rings. The Hall–Kier alpha value is -3.02. The second-order valence-corrected chi connectivity index (χ2v) is 4.49. The van der Waals surface area contributed by atoms with E-state index in [1.165, 1.54) is 24.3 Å². The molecule has 0 aliphatic carbocycles. The summed E-state index contributed by atoms with van der Waals surface area (Å²) in [5.74, 6) is -3.12. The summed E-state index contributed by atoms with van der Waals surface area (Å²) in [6, 6.07) is 8.32. The molecule has 0 unspecified atom stereocenters. The van der Waals surface area contributed by atoms with Crippen molar-refractivity contribution in [2.45, 2.75) is 6.42 Å². The maximum atomic E-state index is 10.8. The quantitative estimate of drug-likeness (QED) is 0.684. The van der Waals surface area contributed by atoms with Crippen LogP contribution in [0.3, 0.4) is 0 Å². The molecule has 21 heavy (non-hydrogen) atoms. The van der Waals surface area contributed by atoms with Gasteiger partial charge in [-0.3, -0.25) is 0 Å². The molecule has 4 N–H and O–H groups in total. The van der Waals surface area contributed by atoms with Gasteiger partial charge in [0, 0.05) is 0 Å². The number of aromatic carboxylic acids is 2. The topological polar surface area (TPSA) is 115 Å². The molecule has 2 aromatic rings. The predicted octanol–water partition coefficient (Wildman–Crippen LogP) is 2.09. The molecule has 0 bridgehead atoms. The first-order valence-electron chi connectivity index (χ1n) is 5.99. The first-order chi connectivity index (χ1) is 9.88. The number of benzene rings is 2. The summed E-state index contributed by atoms with van der Waals surface area (Å²) < 4.78 is 0. The van der Waals surface area contributed by atoms with Crippen molar-refractivity contribution < 1.29 is 30.0 Å². The molecule has 2 rings (SSSR count). The number of phenols is 2. The van der Waals surface area contributed by atoms with Crippen LogP contribution in [0.25, 0.3) is 0 Å². The van der Waals surface area contributed by atoms with Gasteiger partial charge in [0.2, 0.25) is 0 Å². The molecule has 2 aromatic carbocycles. The Bertz CT molecular complexity index is 659. The van der Waals surface area contributed by atoms with Gasteiger partial charge in [-0.15, -0.1) is 0 Å². The largest absolute Gasteiger partial charge is 0.507 e. The maximum absolute atomic E-state index is 10.8. The zero-order valence-corrected chi connectivity index (χ0v) is 10.8. The third-order valence-corrected chi connectivity index (χ3v) is 2.99. The van der Waals surface area contributed by atoms with Crippen molar-refractivity contribution in [1.29, 1.82) is 0 Å². The van der Waals surface area contributed by atoms with E-state index in [2.05, 4.69) is 0 Å². The fourth-order valence-corrected chi connectivity index (χ4v) is 1.97. The molecule has 0 aliphatic rings. The monoisotopic (exact) mass is 288 g/mol. The summed E-state index contributed by atoms with van der Waals surface area (Å²) in [6.07, 6.45) is 0.320. The smallest absolute Gasteiger partial charge is 0.339 e. The number of carboxylic acid groups (broad SMARTS) is 2. The van der Waals surface area contributed by atoms with Gasteiger partial charge in [-0.2, -0.15) is 0 Å². The summed E-state index contributed by atoms with van der Waals surface area (Å²) in [5.41, 5.74) is 0.894. The minimum Gasteiger partial charge on any atom is -0.507 e. The summed E-state index contributed by atoms with van der Waals surface area (Å²) in [4.78, 5) is 21.6. The van der Waals surface area contributed by atoms with E-state index in [0.29, 0.717) is 17.5 Å². The van der Waals surface area contributed by atoms with Gasteiger partial charge in [0.05, 0.1) is 0 Å². The second-order valence-electron chi connectivity index (χ2n) is 4.49. The van der Waals surface area contributed by atoms with Crippen LogP contribution >= 0.6 is 0 Å². The number of carbonyl (C=O) groups is 2. The van der Waals surface area contributed by atoms with Crippen molar-refractivity contribution in [3.63, 3.8) is 0 Å². The molecule has 0 heterocycles. The molecule has 0 aromatic heterocycles. The first kappa shape index (κ1) is 14.4. The second kappa shape index (κ2) is 5.54. The molecule has 0 saturated carbocycles. The van der Waals surface area contributed by atoms with Gasteiger partial charge < -0.3 is 20.4 Å². The molecule has 0 spiro atoms. The average molecular weight is 288 g/mol. The zero-order valence-electron chi connectivity index (χ0n) is 10.8. The standard InChI is InChI=1S/C15H12O6/c16-12-6-8(1-3-10(12)14(18)19)5-9-2-4-11(15(20)21)13(17)7-9/h1-4,6-7,16-17H,5H2,(H,18,19)(H,20,21). The van der Waals surface area contributed by atoms with Gasteiger partial charge in [0.25, 0.3) is 0 Å². The Morgan fingerprint density at radius 1 is 0.762 bits per heavy atom. The predicted molar refractivity (Wildman–Crippen MR) is 72.9 cm³/mol. The fraction of sp³-hybridized carbons (Fsp3) is 0.0667. The highest BCUT2D eigenvalue weighted by atomic mass is 16.4. The lowest BCUT2D eigenvalue weighted by Gasteiger charge is -2.07. The van der Waals surface area contributed by atoms with Crippen molar-refractivity contribution in [1.82, 2.24) is 0 Å². The van der Waals surface area contributed by atoms with E-state index in [0.717, 1.165) is 0 Å². The van der Waals surface area contributed by atoms with E-state index in [1.807, 2.05) is 0 Å². The van der Waals surface area contributed by atoms with Crippen LogP contribution in [-0.4, -0.2) is 32.4 Å². The molecule has 0 saturated heterocycles. The van der Waals surface area contributed by atoms with Crippen molar-refractivity contribution in [2.75, 3.05) is 0 Å². The van der Waals surface area contributed by atoms with Gasteiger partial charge in [-0.1, -0.05) is 12.1 Å². The van der Waals surface area contributed by atoms with E-state index in [4.69, 9.17) is 10.2 Å². The van der Waals surface area contributed by atoms with Gasteiger partial charge in [0.1, 0.15) is 22.6 Å². The van der Waals surface area contributed by atoms with E-state index in [9.17, 15) is 19.8 Å². The molecule has 0 amide bonds. The van der Waals surface area contributed by atoms with Crippen LogP contribution in [0.15, 0.2) is 36.4 Å². The molecule has 6 heteroatoms. The highest BCUT2D eigenvalue weighted by molar-refractivity contribution is 5.91. The Balaban J connectivity index is 2.26. The summed E-state index contributed by atoms with van der Waals surface area (Å²) in [5, 5.41) is 36.8. The van der Waals surface area contributed by atoms with E-state index in [-0.39, 0.29) is 22.6 Å². The van der Waals surface area contributed by atoms with Crippen LogP contribution in [0.4, 0.5) is 0 Å². The Labute approximate surface area is 119 Å². The molecule has 108 valence electrons. The van der Waals surface area contributed by atoms with Crippen LogP contribution in [0.2, 0.25) is 0 Å². The highest BCUT2D eigenvalue weighted by Gasteiger charge is 2.12. The van der Waals surface area contributed by atoms with Crippen molar-refractivity contribution >= 4 is 11.9 Å². The normalized spacial score (nSPS) is 10.3. The van der Waals surface area contributed by atoms with E-state index >= 15 is 0 Å². The summed E-state index contributed by atoms with van der Waals surface area (Å²) in [6.45, 7) is 0. The fourth-order valence-electron chi connectivity index (χ4n) is 1.97. The first-order valence-corrected chi connectivity index (χ1v) is 5.99. The lowest BCUT2D eigenvalue weighted by molar-refractivity contribution is 0.0682. The highest BCUT2D eigenvalue weighted by Crippen LogP contribution is 2.24. The number of carboxylic acids is 2. The average Bonchev–Trinajstić information content (AvgIpc) is 2.37. The Morgan fingerprint density at radius 2 is 1.14 bits per heavy atom. The van der Waals surface area contributed by atoms with E-state index in [1.54, 1.807) is 12.1 Å². The molecular formula is C15H12O6. The molecule has 0 atom stereocenters. The van der Waals surface area contributed by atoms with Gasteiger partial charge in [-0.05, 0) is 41.8 Å². The Morgan fingerprint density at radius 3 is 1.43 bits per heavy atom. The molecule has 6 nitrogen and oxygen atoms in total. The van der Waals surface area contributed by atoms with Crippen molar-refractivity contribution in [3.05, 3.63) is 58.7 Å². The van der Waals surface area contributed by atoms with Crippen LogP contribution in [-0.2, 0) is 6.42 Å². The van der Waals surface area contributed by atoms with Crippen LogP contribution in [0, 0.1) is 0 Å². The number of hydrogen-bond acceptors (Lipinski definition) is 4.